The zero-order valence-corrected chi connectivity index (χ0v) is 16.6. The van der Waals surface area contributed by atoms with Crippen molar-refractivity contribution in [3.8, 4) is 0 Å². The van der Waals surface area contributed by atoms with Crippen molar-refractivity contribution < 1.29 is 4.74 Å². The Labute approximate surface area is 165 Å². The number of nitrogens with one attached hydrogen (secondary N) is 1. The Morgan fingerprint density at radius 1 is 1.19 bits per heavy atom. The molecule has 0 unspecified atom stereocenters. The van der Waals surface area contributed by atoms with Crippen LogP contribution < -0.4 is 10.2 Å². The number of aromatic nitrogens is 1. The number of pyridine rings is 1. The van der Waals surface area contributed by atoms with Crippen LogP contribution in [0.25, 0.3) is 0 Å². The molecule has 7 heteroatoms. The molecule has 2 heterocycles. The van der Waals surface area contributed by atoms with E-state index in [9.17, 15) is 0 Å². The van der Waals surface area contributed by atoms with Gasteiger partial charge in [0.1, 0.15) is 5.82 Å². The number of aliphatic imine (C=N–C) groups is 1. The lowest BCUT2D eigenvalue weighted by Crippen LogP contribution is -2.38. The largest absolute Gasteiger partial charge is 0.378 e. The lowest BCUT2D eigenvalue weighted by molar-refractivity contribution is 0.122. The molecule has 0 saturated carbocycles. The molecule has 0 aliphatic carbocycles. The van der Waals surface area contributed by atoms with E-state index in [0.717, 1.165) is 55.2 Å². The van der Waals surface area contributed by atoms with Gasteiger partial charge in [0.2, 0.25) is 0 Å². The molecule has 1 aromatic heterocycles. The molecule has 1 fully saturated rings. The summed E-state index contributed by atoms with van der Waals surface area (Å²) < 4.78 is 5.39. The second-order valence-corrected chi connectivity index (χ2v) is 6.94. The molecule has 1 aliphatic heterocycles. The molecule has 144 valence electrons. The maximum atomic E-state index is 5.95. The Bertz CT molecular complexity index is 742. The van der Waals surface area contributed by atoms with Gasteiger partial charge in [0.25, 0.3) is 0 Å². The molecular formula is C20H26ClN5O. The SMILES string of the molecule is CN=C(NCc1ccc(N2CCOCC2)nc1)N(C)Cc1ccc(Cl)cc1. The quantitative estimate of drug-likeness (QED) is 0.631. The smallest absolute Gasteiger partial charge is 0.193 e. The molecule has 0 spiro atoms. The molecule has 1 aliphatic rings. The van der Waals surface area contributed by atoms with Crippen molar-refractivity contribution in [3.05, 3.63) is 58.7 Å². The summed E-state index contributed by atoms with van der Waals surface area (Å²) in [4.78, 5) is 13.3. The van der Waals surface area contributed by atoms with Crippen molar-refractivity contribution in [3.63, 3.8) is 0 Å². The summed E-state index contributed by atoms with van der Waals surface area (Å²) in [5.74, 6) is 1.84. The number of morpholine rings is 1. The van der Waals surface area contributed by atoms with Crippen LogP contribution >= 0.6 is 11.6 Å². The number of hydrogen-bond acceptors (Lipinski definition) is 4. The minimum absolute atomic E-state index is 0.675. The van der Waals surface area contributed by atoms with Gasteiger partial charge in [0, 0.05) is 51.5 Å². The molecule has 1 N–H and O–H groups in total. The summed E-state index contributed by atoms with van der Waals surface area (Å²) in [7, 11) is 3.81. The van der Waals surface area contributed by atoms with E-state index in [4.69, 9.17) is 16.3 Å². The number of rotatable bonds is 5. The predicted octanol–water partition coefficient (Wildman–Crippen LogP) is 2.78. The second kappa shape index (κ2) is 9.58. The molecule has 3 rings (SSSR count). The van der Waals surface area contributed by atoms with E-state index in [2.05, 4.69) is 37.2 Å². The van der Waals surface area contributed by atoms with Crippen molar-refractivity contribution in [2.75, 3.05) is 45.3 Å². The highest BCUT2D eigenvalue weighted by molar-refractivity contribution is 6.30. The standard InChI is InChI=1S/C20H26ClN5O/c1-22-20(25(2)15-16-3-6-18(21)7-4-16)24-14-17-5-8-19(23-13-17)26-9-11-27-12-10-26/h3-8,13H,9-12,14-15H2,1-2H3,(H,22,24). The summed E-state index contributed by atoms with van der Waals surface area (Å²) >= 11 is 5.95. The summed E-state index contributed by atoms with van der Waals surface area (Å²) in [6.45, 7) is 4.75. The molecule has 0 bridgehead atoms. The lowest BCUT2D eigenvalue weighted by Gasteiger charge is -2.27. The number of guanidine groups is 1. The van der Waals surface area contributed by atoms with Gasteiger partial charge in [-0.05, 0) is 29.3 Å². The number of benzene rings is 1. The Morgan fingerprint density at radius 3 is 2.52 bits per heavy atom. The lowest BCUT2D eigenvalue weighted by atomic mass is 10.2. The van der Waals surface area contributed by atoms with E-state index in [-0.39, 0.29) is 0 Å². The molecule has 0 atom stereocenters. The molecular weight excluding hydrogens is 362 g/mol. The number of ether oxygens (including phenoxy) is 1. The fourth-order valence-electron chi connectivity index (χ4n) is 3.01. The third-order valence-electron chi connectivity index (χ3n) is 4.50. The zero-order valence-electron chi connectivity index (χ0n) is 15.9. The zero-order chi connectivity index (χ0) is 19.1. The molecule has 6 nitrogen and oxygen atoms in total. The minimum Gasteiger partial charge on any atom is -0.378 e. The van der Waals surface area contributed by atoms with Crippen molar-refractivity contribution in [2.45, 2.75) is 13.1 Å². The van der Waals surface area contributed by atoms with Gasteiger partial charge in [-0.15, -0.1) is 0 Å². The first kappa shape index (κ1) is 19.5. The first-order valence-electron chi connectivity index (χ1n) is 9.09. The third kappa shape index (κ3) is 5.58. The van der Waals surface area contributed by atoms with Crippen LogP contribution in [0.3, 0.4) is 0 Å². The van der Waals surface area contributed by atoms with E-state index in [1.165, 1.54) is 5.56 Å². The number of nitrogens with zero attached hydrogens (tertiary/aromatic N) is 4. The topological polar surface area (TPSA) is 53.0 Å². The van der Waals surface area contributed by atoms with Crippen LogP contribution in [0.2, 0.25) is 5.02 Å². The number of hydrogen-bond donors (Lipinski definition) is 1. The van der Waals surface area contributed by atoms with Crippen LogP contribution in [0.5, 0.6) is 0 Å². The number of anilines is 1. The van der Waals surface area contributed by atoms with Gasteiger partial charge < -0.3 is 19.9 Å². The van der Waals surface area contributed by atoms with Crippen LogP contribution in [0.4, 0.5) is 5.82 Å². The maximum Gasteiger partial charge on any atom is 0.193 e. The van der Waals surface area contributed by atoms with Gasteiger partial charge >= 0.3 is 0 Å². The summed E-state index contributed by atoms with van der Waals surface area (Å²) in [6.07, 6.45) is 1.92. The van der Waals surface area contributed by atoms with Crippen molar-refractivity contribution in [2.24, 2.45) is 4.99 Å². The van der Waals surface area contributed by atoms with Gasteiger partial charge in [-0.25, -0.2) is 4.98 Å². The van der Waals surface area contributed by atoms with Gasteiger partial charge in [-0.3, -0.25) is 4.99 Å². The maximum absolute atomic E-state index is 5.95. The second-order valence-electron chi connectivity index (χ2n) is 6.51. The van der Waals surface area contributed by atoms with Crippen molar-refractivity contribution in [1.29, 1.82) is 0 Å². The summed E-state index contributed by atoms with van der Waals surface area (Å²) in [5.41, 5.74) is 2.30. The highest BCUT2D eigenvalue weighted by atomic mass is 35.5. The molecule has 0 amide bonds. The Kier molecular flexibility index (Phi) is 6.90. The van der Waals surface area contributed by atoms with Crippen LogP contribution in [-0.4, -0.2) is 56.2 Å². The summed E-state index contributed by atoms with van der Waals surface area (Å²) in [6, 6.07) is 12.0. The predicted molar refractivity (Wildman–Crippen MR) is 110 cm³/mol. The third-order valence-corrected chi connectivity index (χ3v) is 4.75. The molecule has 1 aromatic carbocycles. The molecule has 2 aromatic rings. The fraction of sp³-hybridized carbons (Fsp3) is 0.400. The van der Waals surface area contributed by atoms with Crippen molar-refractivity contribution >= 4 is 23.4 Å². The first-order valence-corrected chi connectivity index (χ1v) is 9.47. The van der Waals surface area contributed by atoms with Gasteiger partial charge in [-0.1, -0.05) is 29.8 Å². The Hall–Kier alpha value is -2.31. The molecule has 27 heavy (non-hydrogen) atoms. The van der Waals surface area contributed by atoms with Crippen molar-refractivity contribution in [1.82, 2.24) is 15.2 Å². The van der Waals surface area contributed by atoms with Gasteiger partial charge in [-0.2, -0.15) is 0 Å². The monoisotopic (exact) mass is 387 g/mol. The van der Waals surface area contributed by atoms with E-state index in [1.54, 1.807) is 7.05 Å². The highest BCUT2D eigenvalue weighted by Gasteiger charge is 2.12. The minimum atomic E-state index is 0.675. The normalized spacial score (nSPS) is 14.9. The summed E-state index contributed by atoms with van der Waals surface area (Å²) in [5, 5.41) is 4.14. The number of halogens is 1. The van der Waals surface area contributed by atoms with Crippen LogP contribution in [0.1, 0.15) is 11.1 Å². The van der Waals surface area contributed by atoms with Crippen LogP contribution in [0.15, 0.2) is 47.6 Å². The van der Waals surface area contributed by atoms with Gasteiger partial charge in [0.05, 0.1) is 13.2 Å². The van der Waals surface area contributed by atoms with E-state index >= 15 is 0 Å². The fourth-order valence-corrected chi connectivity index (χ4v) is 3.13. The Balaban J connectivity index is 1.53. The van der Waals surface area contributed by atoms with Crippen LogP contribution in [0, 0.1) is 0 Å². The van der Waals surface area contributed by atoms with Gasteiger partial charge in [0.15, 0.2) is 5.96 Å². The van der Waals surface area contributed by atoms with Crippen LogP contribution in [-0.2, 0) is 17.8 Å². The van der Waals surface area contributed by atoms with E-state index < -0.39 is 0 Å². The highest BCUT2D eigenvalue weighted by Crippen LogP contribution is 2.13. The molecule has 0 radical (unpaired) electrons. The van der Waals surface area contributed by atoms with E-state index in [0.29, 0.717) is 6.54 Å². The molecule has 1 saturated heterocycles. The average Bonchev–Trinajstić information content (AvgIpc) is 2.71. The average molecular weight is 388 g/mol. The first-order chi connectivity index (χ1) is 13.2. The van der Waals surface area contributed by atoms with E-state index in [1.807, 2.05) is 37.5 Å². The Morgan fingerprint density at radius 2 is 1.89 bits per heavy atom.